The van der Waals surface area contributed by atoms with Crippen LogP contribution >= 0.6 is 0 Å². The lowest BCUT2D eigenvalue weighted by Crippen LogP contribution is -2.22. The Hall–Kier alpha value is -0.530. The Balaban J connectivity index is 3.20. The third-order valence-electron chi connectivity index (χ3n) is 1.35. The average molecular weight is 129 g/mol. The zero-order valence-electron chi connectivity index (χ0n) is 6.26. The lowest BCUT2D eigenvalue weighted by atomic mass is 10.3. The van der Waals surface area contributed by atoms with E-state index in [4.69, 9.17) is 0 Å². The van der Waals surface area contributed by atoms with Crippen molar-refractivity contribution < 1.29 is 4.79 Å². The second-order valence-electron chi connectivity index (χ2n) is 2.09. The van der Waals surface area contributed by atoms with Crippen LogP contribution in [0.3, 0.4) is 0 Å². The fourth-order valence-corrected chi connectivity index (χ4v) is 0.647. The SMILES string of the molecule is CCCCN(C=O)CC. The molecule has 0 aliphatic heterocycles. The van der Waals surface area contributed by atoms with Crippen molar-refractivity contribution in [2.75, 3.05) is 13.1 Å². The molecule has 0 saturated heterocycles. The fourth-order valence-electron chi connectivity index (χ4n) is 0.647. The molecule has 0 N–H and O–H groups in total. The van der Waals surface area contributed by atoms with E-state index in [9.17, 15) is 4.79 Å². The summed E-state index contributed by atoms with van der Waals surface area (Å²) < 4.78 is 0. The summed E-state index contributed by atoms with van der Waals surface area (Å²) in [5.41, 5.74) is 0. The topological polar surface area (TPSA) is 20.3 Å². The van der Waals surface area contributed by atoms with E-state index in [1.807, 2.05) is 6.92 Å². The quantitative estimate of drug-likeness (QED) is 0.512. The molecule has 9 heavy (non-hydrogen) atoms. The van der Waals surface area contributed by atoms with Crippen molar-refractivity contribution in [3.63, 3.8) is 0 Å². The van der Waals surface area contributed by atoms with Gasteiger partial charge in [-0.1, -0.05) is 13.3 Å². The van der Waals surface area contributed by atoms with Gasteiger partial charge in [-0.2, -0.15) is 0 Å². The van der Waals surface area contributed by atoms with E-state index in [-0.39, 0.29) is 0 Å². The van der Waals surface area contributed by atoms with E-state index in [1.54, 1.807) is 4.90 Å². The predicted octanol–water partition coefficient (Wildman–Crippen LogP) is 1.26. The van der Waals surface area contributed by atoms with Crippen LogP contribution in [0.5, 0.6) is 0 Å². The van der Waals surface area contributed by atoms with E-state index in [2.05, 4.69) is 6.92 Å². The summed E-state index contributed by atoms with van der Waals surface area (Å²) in [7, 11) is 0. The van der Waals surface area contributed by atoms with Gasteiger partial charge in [0.05, 0.1) is 0 Å². The van der Waals surface area contributed by atoms with Crippen molar-refractivity contribution in [2.24, 2.45) is 0 Å². The highest BCUT2D eigenvalue weighted by Crippen LogP contribution is 1.89. The van der Waals surface area contributed by atoms with Crippen molar-refractivity contribution in [1.29, 1.82) is 0 Å². The monoisotopic (exact) mass is 129 g/mol. The Morgan fingerprint density at radius 3 is 2.44 bits per heavy atom. The first-order valence-corrected chi connectivity index (χ1v) is 3.54. The highest BCUT2D eigenvalue weighted by Gasteiger charge is 1.93. The summed E-state index contributed by atoms with van der Waals surface area (Å²) in [5.74, 6) is 0. The van der Waals surface area contributed by atoms with Crippen molar-refractivity contribution >= 4 is 6.41 Å². The molecule has 1 amide bonds. The average Bonchev–Trinajstić information content (AvgIpc) is 1.91. The Bertz CT molecular complexity index is 73.3. The normalized spacial score (nSPS) is 9.11. The summed E-state index contributed by atoms with van der Waals surface area (Å²) >= 11 is 0. The highest BCUT2D eigenvalue weighted by molar-refractivity contribution is 5.46. The number of hydrogen-bond donors (Lipinski definition) is 0. The van der Waals surface area contributed by atoms with Crippen LogP contribution in [-0.2, 0) is 4.79 Å². The molecule has 0 aliphatic carbocycles. The number of nitrogens with zero attached hydrogens (tertiary/aromatic N) is 1. The van der Waals surface area contributed by atoms with Crippen molar-refractivity contribution in [3.05, 3.63) is 0 Å². The molecule has 0 fully saturated rings. The van der Waals surface area contributed by atoms with Gasteiger partial charge in [0.1, 0.15) is 0 Å². The number of rotatable bonds is 5. The minimum Gasteiger partial charge on any atom is -0.346 e. The molecule has 0 aromatic heterocycles. The van der Waals surface area contributed by atoms with Gasteiger partial charge in [-0.15, -0.1) is 0 Å². The van der Waals surface area contributed by atoms with E-state index < -0.39 is 0 Å². The summed E-state index contributed by atoms with van der Waals surface area (Å²) in [4.78, 5) is 11.9. The number of unbranched alkanes of at least 4 members (excludes halogenated alkanes) is 1. The Morgan fingerprint density at radius 2 is 2.11 bits per heavy atom. The molecule has 0 aromatic carbocycles. The van der Waals surface area contributed by atoms with Gasteiger partial charge in [-0.3, -0.25) is 4.79 Å². The van der Waals surface area contributed by atoms with Crippen LogP contribution in [0, 0.1) is 0 Å². The molecule has 0 unspecified atom stereocenters. The van der Waals surface area contributed by atoms with Crippen molar-refractivity contribution in [1.82, 2.24) is 4.90 Å². The number of carbonyl (C=O) groups is 1. The van der Waals surface area contributed by atoms with E-state index in [1.165, 1.54) is 0 Å². The minimum absolute atomic E-state index is 0.837. The zero-order valence-corrected chi connectivity index (χ0v) is 6.26. The van der Waals surface area contributed by atoms with Gasteiger partial charge in [0.15, 0.2) is 0 Å². The van der Waals surface area contributed by atoms with E-state index in [0.717, 1.165) is 32.3 Å². The fraction of sp³-hybridized carbons (Fsp3) is 0.857. The molecule has 2 nitrogen and oxygen atoms in total. The van der Waals surface area contributed by atoms with Gasteiger partial charge in [0, 0.05) is 13.1 Å². The minimum atomic E-state index is 0.837. The molecule has 54 valence electrons. The second kappa shape index (κ2) is 5.60. The van der Waals surface area contributed by atoms with Crippen molar-refractivity contribution in [2.45, 2.75) is 26.7 Å². The standard InChI is InChI=1S/C7H15NO/c1-3-5-6-8(4-2)7-9/h7H,3-6H2,1-2H3. The van der Waals surface area contributed by atoms with Crippen LogP contribution in [-0.4, -0.2) is 24.4 Å². The van der Waals surface area contributed by atoms with Crippen LogP contribution < -0.4 is 0 Å². The van der Waals surface area contributed by atoms with Crippen LogP contribution in [0.1, 0.15) is 26.7 Å². The molecule has 0 aliphatic rings. The first-order chi connectivity index (χ1) is 4.35. The van der Waals surface area contributed by atoms with Gasteiger partial charge in [-0.25, -0.2) is 0 Å². The van der Waals surface area contributed by atoms with Gasteiger partial charge in [0.2, 0.25) is 6.41 Å². The Morgan fingerprint density at radius 1 is 1.44 bits per heavy atom. The second-order valence-corrected chi connectivity index (χ2v) is 2.09. The summed E-state index contributed by atoms with van der Waals surface area (Å²) in [6.45, 7) is 5.86. The molecule has 0 radical (unpaired) electrons. The maximum absolute atomic E-state index is 10.2. The maximum Gasteiger partial charge on any atom is 0.209 e. The number of hydrogen-bond acceptors (Lipinski definition) is 1. The van der Waals surface area contributed by atoms with Crippen LogP contribution in [0.25, 0.3) is 0 Å². The van der Waals surface area contributed by atoms with Gasteiger partial charge >= 0.3 is 0 Å². The lowest BCUT2D eigenvalue weighted by Gasteiger charge is -2.12. The lowest BCUT2D eigenvalue weighted by molar-refractivity contribution is -0.118. The Kier molecular flexibility index (Phi) is 5.27. The molecule has 0 atom stereocenters. The molecule has 0 aromatic rings. The maximum atomic E-state index is 10.2. The van der Waals surface area contributed by atoms with Crippen LogP contribution in [0.15, 0.2) is 0 Å². The zero-order chi connectivity index (χ0) is 7.11. The number of amides is 1. The van der Waals surface area contributed by atoms with E-state index in [0.29, 0.717) is 0 Å². The van der Waals surface area contributed by atoms with Gasteiger partial charge in [0.25, 0.3) is 0 Å². The van der Waals surface area contributed by atoms with Crippen molar-refractivity contribution in [3.8, 4) is 0 Å². The first kappa shape index (κ1) is 8.47. The van der Waals surface area contributed by atoms with Crippen LogP contribution in [0.2, 0.25) is 0 Å². The Labute approximate surface area is 56.9 Å². The van der Waals surface area contributed by atoms with Gasteiger partial charge < -0.3 is 4.90 Å². The third-order valence-corrected chi connectivity index (χ3v) is 1.35. The molecular formula is C7H15NO. The van der Waals surface area contributed by atoms with Gasteiger partial charge in [-0.05, 0) is 13.3 Å². The predicted molar refractivity (Wildman–Crippen MR) is 38.2 cm³/mol. The summed E-state index contributed by atoms with van der Waals surface area (Å²) in [6.07, 6.45) is 3.19. The summed E-state index contributed by atoms with van der Waals surface area (Å²) in [6, 6.07) is 0. The largest absolute Gasteiger partial charge is 0.346 e. The molecular weight excluding hydrogens is 114 g/mol. The molecule has 0 bridgehead atoms. The third kappa shape index (κ3) is 4.01. The van der Waals surface area contributed by atoms with E-state index >= 15 is 0 Å². The smallest absolute Gasteiger partial charge is 0.209 e. The highest BCUT2D eigenvalue weighted by atomic mass is 16.1. The molecule has 0 heterocycles. The molecule has 0 saturated carbocycles. The molecule has 0 rings (SSSR count). The molecule has 2 heteroatoms. The number of carbonyl (C=O) groups excluding carboxylic acids is 1. The summed E-state index contributed by atoms with van der Waals surface area (Å²) in [5, 5.41) is 0. The molecule has 0 spiro atoms. The first-order valence-electron chi connectivity index (χ1n) is 3.54. The van der Waals surface area contributed by atoms with Crippen LogP contribution in [0.4, 0.5) is 0 Å².